The van der Waals surface area contributed by atoms with Crippen LogP contribution in [0.3, 0.4) is 0 Å². The van der Waals surface area contributed by atoms with Gasteiger partial charge in [0.05, 0.1) is 16.8 Å². The molecule has 42 heavy (non-hydrogen) atoms. The summed E-state index contributed by atoms with van der Waals surface area (Å²) in [4.78, 5) is 0. The Labute approximate surface area is 262 Å². The van der Waals surface area contributed by atoms with Crippen LogP contribution in [0.25, 0.3) is 0 Å². The van der Waals surface area contributed by atoms with E-state index in [1.165, 1.54) is 57.8 Å². The molecule has 0 aromatic rings. The maximum atomic E-state index is 10.1. The fraction of sp³-hybridized carbons (Fsp3) is 0.944. The minimum atomic E-state index is -1.73. The second kappa shape index (κ2) is 13.3. The van der Waals surface area contributed by atoms with Crippen LogP contribution < -0.4 is 0 Å². The van der Waals surface area contributed by atoms with E-state index in [0.29, 0.717) is 17.3 Å². The van der Waals surface area contributed by atoms with E-state index in [2.05, 4.69) is 81.4 Å². The predicted molar refractivity (Wildman–Crippen MR) is 182 cm³/mol. The van der Waals surface area contributed by atoms with E-state index in [4.69, 9.17) is 13.7 Å². The Morgan fingerprint density at radius 3 is 2.12 bits per heavy atom. The first-order valence-corrected chi connectivity index (χ1v) is 20.4. The van der Waals surface area contributed by atoms with Gasteiger partial charge in [0.25, 0.3) is 0 Å². The van der Waals surface area contributed by atoms with Gasteiger partial charge in [-0.25, -0.2) is 0 Å². The van der Waals surface area contributed by atoms with Gasteiger partial charge in [0.2, 0.25) is 0 Å². The first-order valence-electron chi connectivity index (χ1n) is 17.5. The molecule has 0 aromatic heterocycles. The van der Waals surface area contributed by atoms with Gasteiger partial charge in [-0.2, -0.15) is 0 Å². The van der Waals surface area contributed by atoms with Crippen LogP contribution in [0.1, 0.15) is 147 Å². The summed E-state index contributed by atoms with van der Waals surface area (Å²) in [5, 5.41) is 10.4. The molecule has 0 amide bonds. The Balaban J connectivity index is 1.74. The molecule has 1 saturated heterocycles. The quantitative estimate of drug-likeness (QED) is 0.168. The molecule has 0 aromatic carbocycles. The van der Waals surface area contributed by atoms with Crippen LogP contribution in [0, 0.1) is 29.1 Å². The summed E-state index contributed by atoms with van der Waals surface area (Å²) in [5.74, 6) is 5.17. The van der Waals surface area contributed by atoms with Crippen molar-refractivity contribution in [2.45, 2.75) is 182 Å². The summed E-state index contributed by atoms with van der Waals surface area (Å²) in [6.45, 7) is 30.4. The van der Waals surface area contributed by atoms with Gasteiger partial charge >= 0.3 is 7.12 Å². The fourth-order valence-electron chi connectivity index (χ4n) is 8.13. The number of fused-ring (bicyclic) bond motifs is 1. The van der Waals surface area contributed by atoms with Gasteiger partial charge in [0, 0.05) is 6.61 Å². The van der Waals surface area contributed by atoms with Crippen molar-refractivity contribution in [1.29, 1.82) is 0 Å². The third kappa shape index (κ3) is 8.36. The summed E-state index contributed by atoms with van der Waals surface area (Å²) in [5.41, 5.74) is 0.793. The Morgan fingerprint density at radius 1 is 0.952 bits per heavy atom. The van der Waals surface area contributed by atoms with Crippen molar-refractivity contribution >= 4 is 15.4 Å². The Morgan fingerprint density at radius 2 is 1.55 bits per heavy atom. The molecule has 0 bridgehead atoms. The average molecular weight is 605 g/mol. The first-order chi connectivity index (χ1) is 19.1. The molecule has 5 atom stereocenters. The van der Waals surface area contributed by atoms with Crippen molar-refractivity contribution in [2.24, 2.45) is 29.1 Å². The Hall–Kier alpha value is -0.138. The van der Waals surface area contributed by atoms with Crippen molar-refractivity contribution in [3.05, 3.63) is 11.5 Å². The van der Waals surface area contributed by atoms with Gasteiger partial charge in [-0.15, -0.1) is 0 Å². The molecule has 6 heteroatoms. The third-order valence-corrected chi connectivity index (χ3v) is 17.2. The van der Waals surface area contributed by atoms with Gasteiger partial charge in [-0.3, -0.25) is 0 Å². The standard InChI is InChI=1S/C36H69BO4Si/c1-27(23-25-39-42(12,13)32(2,3)4)30-21-22-31-28(26-37-40-34(7,8)35(9,10)41-37)19-20-29(36(30,31)11)18-16-14-15-17-24-33(5,6)38/h26-27,29-31,38H,14-25H2,1-13H3/b28-26+/t27-,29-,30-,31+,36-/m1/s1. The van der Waals surface area contributed by atoms with Crippen molar-refractivity contribution < 1.29 is 18.8 Å². The first kappa shape index (κ1) is 36.3. The highest BCUT2D eigenvalue weighted by Gasteiger charge is 2.56. The van der Waals surface area contributed by atoms with E-state index in [0.717, 1.165) is 31.3 Å². The largest absolute Gasteiger partial charge is 0.487 e. The lowest BCUT2D eigenvalue weighted by atomic mass is 9.54. The van der Waals surface area contributed by atoms with Gasteiger partial charge in [-0.1, -0.05) is 71.9 Å². The highest BCUT2D eigenvalue weighted by molar-refractivity contribution is 6.74. The third-order valence-electron chi connectivity index (χ3n) is 12.7. The fourth-order valence-corrected chi connectivity index (χ4v) is 9.19. The molecular weight excluding hydrogens is 535 g/mol. The molecule has 0 unspecified atom stereocenters. The molecular formula is C36H69BO4Si. The van der Waals surface area contributed by atoms with Gasteiger partial charge in [0.1, 0.15) is 0 Å². The van der Waals surface area contributed by atoms with E-state index >= 15 is 0 Å². The molecule has 4 nitrogen and oxygen atoms in total. The second-order valence-electron chi connectivity index (χ2n) is 17.8. The number of hydrogen-bond acceptors (Lipinski definition) is 4. The molecule has 3 fully saturated rings. The minimum Gasteiger partial charge on any atom is -0.417 e. The van der Waals surface area contributed by atoms with Crippen LogP contribution in [-0.2, 0) is 13.7 Å². The van der Waals surface area contributed by atoms with Crippen LogP contribution in [0.15, 0.2) is 11.5 Å². The number of allylic oxidation sites excluding steroid dienone is 1. The lowest BCUT2D eigenvalue weighted by Crippen LogP contribution is -2.44. The maximum Gasteiger partial charge on any atom is 0.487 e. The van der Waals surface area contributed by atoms with Crippen molar-refractivity contribution in [2.75, 3.05) is 6.61 Å². The van der Waals surface area contributed by atoms with Crippen LogP contribution >= 0.6 is 0 Å². The van der Waals surface area contributed by atoms with Crippen LogP contribution in [0.5, 0.6) is 0 Å². The molecule has 3 aliphatic rings. The number of hydrogen-bond donors (Lipinski definition) is 1. The summed E-state index contributed by atoms with van der Waals surface area (Å²) >= 11 is 0. The highest BCUT2D eigenvalue weighted by Crippen LogP contribution is 2.63. The van der Waals surface area contributed by atoms with Gasteiger partial charge in [-0.05, 0) is 134 Å². The van der Waals surface area contributed by atoms with Crippen molar-refractivity contribution in [3.63, 3.8) is 0 Å². The van der Waals surface area contributed by atoms with Crippen molar-refractivity contribution in [3.8, 4) is 0 Å². The summed E-state index contributed by atoms with van der Waals surface area (Å²) in [6.07, 6.45) is 13.4. The van der Waals surface area contributed by atoms with E-state index in [1.807, 2.05) is 13.8 Å². The van der Waals surface area contributed by atoms with Gasteiger partial charge in [0.15, 0.2) is 8.32 Å². The summed E-state index contributed by atoms with van der Waals surface area (Å²) in [7, 11) is -1.97. The number of rotatable bonds is 13. The molecule has 0 radical (unpaired) electrons. The Kier molecular flexibility index (Phi) is 11.5. The normalized spacial score (nSPS) is 31.5. The van der Waals surface area contributed by atoms with E-state index < -0.39 is 13.9 Å². The molecule has 3 rings (SSSR count). The van der Waals surface area contributed by atoms with E-state index in [9.17, 15) is 5.11 Å². The number of unbranched alkanes of at least 4 members (excludes halogenated alkanes) is 3. The van der Waals surface area contributed by atoms with Gasteiger partial charge < -0.3 is 18.8 Å². The van der Waals surface area contributed by atoms with Crippen LogP contribution in [0.4, 0.5) is 0 Å². The molecule has 1 heterocycles. The summed E-state index contributed by atoms with van der Waals surface area (Å²) < 4.78 is 19.6. The highest BCUT2D eigenvalue weighted by atomic mass is 28.4. The zero-order chi connectivity index (χ0) is 31.8. The van der Waals surface area contributed by atoms with E-state index in [1.54, 1.807) is 5.57 Å². The number of aliphatic hydroxyl groups is 1. The zero-order valence-corrected chi connectivity index (χ0v) is 31.1. The summed E-state index contributed by atoms with van der Waals surface area (Å²) in [6, 6.07) is 0. The van der Waals surface area contributed by atoms with Crippen LogP contribution in [0.2, 0.25) is 18.1 Å². The molecule has 244 valence electrons. The molecule has 1 N–H and O–H groups in total. The van der Waals surface area contributed by atoms with Crippen LogP contribution in [-0.4, -0.2) is 44.0 Å². The minimum absolute atomic E-state index is 0.240. The SMILES string of the molecule is C[C@H](CCO[Si](C)(C)C(C)(C)C)[C@H]1CC[C@H]2/C(=C/B3OC(C)(C)C(C)(C)O3)CC[C@@H](CCCCCCC(C)(C)O)[C@]12C. The zero-order valence-electron chi connectivity index (χ0n) is 30.1. The average Bonchev–Trinajstić information content (AvgIpc) is 3.28. The second-order valence-corrected chi connectivity index (χ2v) is 22.7. The molecule has 1 aliphatic heterocycles. The van der Waals surface area contributed by atoms with E-state index in [-0.39, 0.29) is 23.4 Å². The van der Waals surface area contributed by atoms with Crippen molar-refractivity contribution in [1.82, 2.24) is 0 Å². The Bertz CT molecular complexity index is 898. The molecule has 0 spiro atoms. The monoisotopic (exact) mass is 605 g/mol. The maximum absolute atomic E-state index is 10.1. The lowest BCUT2D eigenvalue weighted by Gasteiger charge is -2.50. The topological polar surface area (TPSA) is 47.9 Å². The molecule has 2 saturated carbocycles. The lowest BCUT2D eigenvalue weighted by molar-refractivity contribution is 0.00578. The molecule has 2 aliphatic carbocycles. The smallest absolute Gasteiger partial charge is 0.417 e. The predicted octanol–water partition coefficient (Wildman–Crippen LogP) is 10.1.